The predicted molar refractivity (Wildman–Crippen MR) is 159 cm³/mol. The number of anilines is 1. The number of fused-ring (bicyclic) bond motifs is 1. The summed E-state index contributed by atoms with van der Waals surface area (Å²) in [7, 11) is 1.99. The average Bonchev–Trinajstić information content (AvgIpc) is 3.27. The highest BCUT2D eigenvalue weighted by Crippen LogP contribution is 2.25. The summed E-state index contributed by atoms with van der Waals surface area (Å²) in [4.78, 5) is 27.5. The van der Waals surface area contributed by atoms with Crippen LogP contribution in [-0.4, -0.2) is 27.8 Å². The van der Waals surface area contributed by atoms with Crippen molar-refractivity contribution in [2.45, 2.75) is 26.8 Å². The molecule has 0 spiro atoms. The third-order valence-corrected chi connectivity index (χ3v) is 7.18. The molecule has 0 aliphatic carbocycles. The van der Waals surface area contributed by atoms with Gasteiger partial charge in [0.05, 0.1) is 0 Å². The van der Waals surface area contributed by atoms with Crippen LogP contribution in [0.15, 0.2) is 103 Å². The van der Waals surface area contributed by atoms with Gasteiger partial charge in [-0.3, -0.25) is 9.59 Å². The van der Waals surface area contributed by atoms with Crippen LogP contribution in [-0.2, 0) is 24.8 Å². The van der Waals surface area contributed by atoms with Crippen LogP contribution in [0.4, 0.5) is 5.69 Å². The molecule has 0 saturated carbocycles. The van der Waals surface area contributed by atoms with Gasteiger partial charge in [-0.15, -0.1) is 0 Å². The number of nitrogens with zero attached hydrogens (tertiary/aromatic N) is 2. The van der Waals surface area contributed by atoms with Crippen molar-refractivity contribution in [2.24, 2.45) is 7.05 Å². The molecule has 5 heteroatoms. The van der Waals surface area contributed by atoms with Crippen molar-refractivity contribution in [3.8, 4) is 11.1 Å². The third kappa shape index (κ3) is 6.10. The molecular weight excluding hydrogens is 482 g/mol. The second-order valence-corrected chi connectivity index (χ2v) is 10.1. The molecule has 2 amide bonds. The standard InChI is InChI=1S/C34H33N3O2/c1-24-9-16-31(17-10-24)35-34(39)29-15-18-33-32(21-29)30(22-36(33)3)23-37(25(2)38)20-19-26-11-13-28(14-12-26)27-7-5-4-6-8-27/h4-18,21-22H,19-20,23H2,1-3H3,(H,35,39). The van der Waals surface area contributed by atoms with Crippen LogP contribution in [0.2, 0.25) is 0 Å². The zero-order valence-corrected chi connectivity index (χ0v) is 22.6. The van der Waals surface area contributed by atoms with Crippen LogP contribution < -0.4 is 5.32 Å². The van der Waals surface area contributed by atoms with Gasteiger partial charge in [0.15, 0.2) is 0 Å². The zero-order chi connectivity index (χ0) is 27.4. The van der Waals surface area contributed by atoms with E-state index in [-0.39, 0.29) is 11.8 Å². The maximum Gasteiger partial charge on any atom is 0.255 e. The first-order chi connectivity index (χ1) is 18.9. The molecule has 1 N–H and O–H groups in total. The average molecular weight is 516 g/mol. The number of benzene rings is 4. The maximum atomic E-state index is 13.0. The van der Waals surface area contributed by atoms with Crippen molar-refractivity contribution in [1.29, 1.82) is 0 Å². The van der Waals surface area contributed by atoms with Gasteiger partial charge >= 0.3 is 0 Å². The lowest BCUT2D eigenvalue weighted by Gasteiger charge is -2.21. The van der Waals surface area contributed by atoms with Crippen molar-refractivity contribution in [2.75, 3.05) is 11.9 Å². The zero-order valence-electron chi connectivity index (χ0n) is 22.6. The fraction of sp³-hybridized carbons (Fsp3) is 0.176. The van der Waals surface area contributed by atoms with E-state index < -0.39 is 0 Å². The summed E-state index contributed by atoms with van der Waals surface area (Å²) in [6.07, 6.45) is 2.82. The smallest absolute Gasteiger partial charge is 0.255 e. The van der Waals surface area contributed by atoms with Crippen LogP contribution in [0.3, 0.4) is 0 Å². The molecule has 1 aromatic heterocycles. The molecule has 5 aromatic rings. The fourth-order valence-electron chi connectivity index (χ4n) is 4.89. The van der Waals surface area contributed by atoms with Crippen LogP contribution in [0.1, 0.15) is 34.0 Å². The van der Waals surface area contributed by atoms with Gasteiger partial charge in [-0.05, 0) is 65.9 Å². The van der Waals surface area contributed by atoms with Crippen molar-refractivity contribution in [3.63, 3.8) is 0 Å². The summed E-state index contributed by atoms with van der Waals surface area (Å²) in [6, 6.07) is 32.3. The van der Waals surface area contributed by atoms with Gasteiger partial charge in [-0.25, -0.2) is 0 Å². The summed E-state index contributed by atoms with van der Waals surface area (Å²) in [5, 5.41) is 3.96. The summed E-state index contributed by atoms with van der Waals surface area (Å²) in [6.45, 7) is 4.73. The lowest BCUT2D eigenvalue weighted by Crippen LogP contribution is -2.30. The van der Waals surface area contributed by atoms with Crippen LogP contribution in [0.25, 0.3) is 22.0 Å². The Morgan fingerprint density at radius 2 is 1.54 bits per heavy atom. The molecule has 0 unspecified atom stereocenters. The maximum absolute atomic E-state index is 13.0. The molecule has 0 aliphatic heterocycles. The van der Waals surface area contributed by atoms with E-state index in [9.17, 15) is 9.59 Å². The van der Waals surface area contributed by atoms with Crippen molar-refractivity contribution < 1.29 is 9.59 Å². The Morgan fingerprint density at radius 3 is 2.23 bits per heavy atom. The van der Waals surface area contributed by atoms with E-state index in [1.165, 1.54) is 16.7 Å². The molecule has 0 fully saturated rings. The van der Waals surface area contributed by atoms with Gasteiger partial charge in [0, 0.05) is 55.4 Å². The largest absolute Gasteiger partial charge is 0.350 e. The normalized spacial score (nSPS) is 10.9. The van der Waals surface area contributed by atoms with Gasteiger partial charge in [-0.1, -0.05) is 72.3 Å². The summed E-state index contributed by atoms with van der Waals surface area (Å²) in [5.41, 5.74) is 8.10. The molecule has 196 valence electrons. The first kappa shape index (κ1) is 26.0. The number of carbonyl (C=O) groups is 2. The minimum Gasteiger partial charge on any atom is -0.350 e. The Morgan fingerprint density at radius 1 is 0.846 bits per heavy atom. The molecule has 5 nitrogen and oxygen atoms in total. The molecule has 0 bridgehead atoms. The van der Waals surface area contributed by atoms with E-state index in [0.717, 1.165) is 34.1 Å². The summed E-state index contributed by atoms with van der Waals surface area (Å²) >= 11 is 0. The van der Waals surface area contributed by atoms with Crippen molar-refractivity contribution >= 4 is 28.4 Å². The highest BCUT2D eigenvalue weighted by molar-refractivity contribution is 6.06. The monoisotopic (exact) mass is 515 g/mol. The summed E-state index contributed by atoms with van der Waals surface area (Å²) < 4.78 is 2.05. The predicted octanol–water partition coefficient (Wildman–Crippen LogP) is 7.00. The number of hydrogen-bond acceptors (Lipinski definition) is 2. The molecule has 5 rings (SSSR count). The van der Waals surface area contributed by atoms with E-state index >= 15 is 0 Å². The van der Waals surface area contributed by atoms with E-state index in [4.69, 9.17) is 0 Å². The lowest BCUT2D eigenvalue weighted by molar-refractivity contribution is -0.129. The first-order valence-electron chi connectivity index (χ1n) is 13.2. The SMILES string of the molecule is CC(=O)N(CCc1ccc(-c2ccccc2)cc1)Cc1cn(C)c2ccc(C(=O)Nc3ccc(C)cc3)cc12. The van der Waals surface area contributed by atoms with Crippen LogP contribution in [0.5, 0.6) is 0 Å². The topological polar surface area (TPSA) is 54.3 Å². The number of nitrogens with one attached hydrogen (secondary N) is 1. The second kappa shape index (κ2) is 11.4. The highest BCUT2D eigenvalue weighted by Gasteiger charge is 2.16. The van der Waals surface area contributed by atoms with E-state index in [1.807, 2.05) is 84.1 Å². The van der Waals surface area contributed by atoms with E-state index in [1.54, 1.807) is 6.92 Å². The Balaban J connectivity index is 1.31. The Bertz CT molecular complexity index is 1600. The number of aryl methyl sites for hydroxylation is 2. The fourth-order valence-corrected chi connectivity index (χ4v) is 4.89. The molecule has 4 aromatic carbocycles. The molecule has 1 heterocycles. The number of rotatable bonds is 8. The lowest BCUT2D eigenvalue weighted by atomic mass is 10.0. The molecule has 0 radical (unpaired) electrons. The molecule has 39 heavy (non-hydrogen) atoms. The van der Waals surface area contributed by atoms with E-state index in [2.05, 4.69) is 47.9 Å². The van der Waals surface area contributed by atoms with Gasteiger partial charge in [0.1, 0.15) is 0 Å². The molecule has 0 saturated heterocycles. The number of amides is 2. The number of carbonyl (C=O) groups excluding carboxylic acids is 2. The number of hydrogen-bond donors (Lipinski definition) is 1. The Hall–Kier alpha value is -4.64. The van der Waals surface area contributed by atoms with Gasteiger partial charge < -0.3 is 14.8 Å². The minimum atomic E-state index is -0.155. The van der Waals surface area contributed by atoms with Crippen molar-refractivity contribution in [1.82, 2.24) is 9.47 Å². The van der Waals surface area contributed by atoms with Gasteiger partial charge in [-0.2, -0.15) is 0 Å². The van der Waals surface area contributed by atoms with Crippen molar-refractivity contribution in [3.05, 3.63) is 126 Å². The Labute approximate surface area is 229 Å². The Kier molecular flexibility index (Phi) is 7.60. The summed E-state index contributed by atoms with van der Waals surface area (Å²) in [5.74, 6) is -0.126. The quantitative estimate of drug-likeness (QED) is 0.242. The van der Waals surface area contributed by atoms with Crippen LogP contribution in [0, 0.1) is 6.92 Å². The highest BCUT2D eigenvalue weighted by atomic mass is 16.2. The van der Waals surface area contributed by atoms with Crippen LogP contribution >= 0.6 is 0 Å². The minimum absolute atomic E-state index is 0.0289. The number of aromatic nitrogens is 1. The molecule has 0 atom stereocenters. The molecule has 0 aliphatic rings. The van der Waals surface area contributed by atoms with Gasteiger partial charge in [0.2, 0.25) is 5.91 Å². The first-order valence-corrected chi connectivity index (χ1v) is 13.2. The molecular formula is C34H33N3O2. The second-order valence-electron chi connectivity index (χ2n) is 10.1. The van der Waals surface area contributed by atoms with Gasteiger partial charge in [0.25, 0.3) is 5.91 Å². The third-order valence-electron chi connectivity index (χ3n) is 7.18. The van der Waals surface area contributed by atoms with E-state index in [0.29, 0.717) is 18.7 Å².